The van der Waals surface area contributed by atoms with Crippen molar-refractivity contribution in [1.82, 2.24) is 14.8 Å². The molecule has 2 saturated heterocycles. The Morgan fingerprint density at radius 2 is 2.12 bits per heavy atom. The van der Waals surface area contributed by atoms with Gasteiger partial charge in [-0.15, -0.1) is 12.4 Å². The van der Waals surface area contributed by atoms with Crippen LogP contribution in [0.4, 0.5) is 4.39 Å². The Bertz CT molecular complexity index is 794. The molecule has 2 aliphatic rings. The number of hydrogen-bond acceptors (Lipinski definition) is 2. The third-order valence-corrected chi connectivity index (χ3v) is 5.41. The molecule has 0 bridgehead atoms. The van der Waals surface area contributed by atoms with Crippen molar-refractivity contribution in [3.63, 3.8) is 0 Å². The Kier molecular flexibility index (Phi) is 5.09. The van der Waals surface area contributed by atoms with Crippen LogP contribution in [0.1, 0.15) is 22.1 Å². The Morgan fingerprint density at radius 1 is 1.32 bits per heavy atom. The smallest absolute Gasteiger partial charge is 0.271 e. The van der Waals surface area contributed by atoms with Gasteiger partial charge in [0.2, 0.25) is 0 Å². The number of aromatic nitrogens is 1. The average Bonchev–Trinajstić information content (AvgIpc) is 3.20. The molecule has 1 amide bonds. The third-order valence-electron chi connectivity index (χ3n) is 5.21. The highest BCUT2D eigenvalue weighted by molar-refractivity contribution is 6.31. The topological polar surface area (TPSA) is 37.3 Å². The molecule has 2 aliphatic heterocycles. The fourth-order valence-corrected chi connectivity index (χ4v) is 4.38. The molecule has 1 aromatic carbocycles. The molecular weight excluding hydrogens is 364 g/mol. The molecule has 1 aromatic heterocycles. The van der Waals surface area contributed by atoms with Gasteiger partial charge in [-0.3, -0.25) is 4.79 Å². The first-order valence-electron chi connectivity index (χ1n) is 8.13. The number of carbonyl (C=O) groups is 1. The van der Waals surface area contributed by atoms with Gasteiger partial charge in [0.25, 0.3) is 5.91 Å². The Labute approximate surface area is 157 Å². The van der Waals surface area contributed by atoms with E-state index in [0.717, 1.165) is 18.7 Å². The van der Waals surface area contributed by atoms with E-state index in [-0.39, 0.29) is 30.2 Å². The van der Waals surface area contributed by atoms with Gasteiger partial charge in [0.15, 0.2) is 0 Å². The van der Waals surface area contributed by atoms with E-state index in [4.69, 9.17) is 11.6 Å². The highest BCUT2D eigenvalue weighted by Gasteiger charge is 2.47. The summed E-state index contributed by atoms with van der Waals surface area (Å²) < 4.78 is 15.5. The zero-order valence-corrected chi connectivity index (χ0v) is 15.4. The van der Waals surface area contributed by atoms with E-state index >= 15 is 0 Å². The van der Waals surface area contributed by atoms with Gasteiger partial charge in [-0.2, -0.15) is 0 Å². The second-order valence-electron chi connectivity index (χ2n) is 6.69. The van der Waals surface area contributed by atoms with Gasteiger partial charge in [-0.1, -0.05) is 23.7 Å². The first-order chi connectivity index (χ1) is 11.5. The fourth-order valence-electron chi connectivity index (χ4n) is 4.13. The lowest BCUT2D eigenvalue weighted by atomic mass is 9.89. The van der Waals surface area contributed by atoms with Gasteiger partial charge in [0.1, 0.15) is 11.5 Å². The number of nitrogens with zero attached hydrogens (tertiary/aromatic N) is 2. The predicted octanol–water partition coefficient (Wildman–Crippen LogP) is 3.27. The zero-order chi connectivity index (χ0) is 16.8. The minimum absolute atomic E-state index is 0. The number of carbonyl (C=O) groups excluding carboxylic acids is 1. The summed E-state index contributed by atoms with van der Waals surface area (Å²) in [5.41, 5.74) is 1.43. The first-order valence-corrected chi connectivity index (χ1v) is 8.51. The van der Waals surface area contributed by atoms with Crippen molar-refractivity contribution in [2.75, 3.05) is 19.6 Å². The van der Waals surface area contributed by atoms with Crippen molar-refractivity contribution in [3.8, 4) is 0 Å². The van der Waals surface area contributed by atoms with Crippen molar-refractivity contribution in [3.05, 3.63) is 58.6 Å². The number of hydrogen-bond donors (Lipinski definition) is 1. The van der Waals surface area contributed by atoms with E-state index < -0.39 is 0 Å². The van der Waals surface area contributed by atoms with Gasteiger partial charge in [0.05, 0.1) is 11.1 Å². The number of halogens is 3. The third kappa shape index (κ3) is 3.16. The van der Waals surface area contributed by atoms with Gasteiger partial charge in [0, 0.05) is 38.8 Å². The molecule has 2 aromatic rings. The Hall–Kier alpha value is -1.56. The molecule has 0 aliphatic carbocycles. The van der Waals surface area contributed by atoms with Crippen LogP contribution in [0.25, 0.3) is 0 Å². The minimum Gasteiger partial charge on any atom is -0.345 e. The lowest BCUT2D eigenvalue weighted by Crippen LogP contribution is -2.35. The van der Waals surface area contributed by atoms with Gasteiger partial charge in [-0.25, -0.2) is 4.39 Å². The summed E-state index contributed by atoms with van der Waals surface area (Å²) in [6, 6.07) is 8.19. The van der Waals surface area contributed by atoms with E-state index in [1.807, 2.05) is 18.0 Å². The van der Waals surface area contributed by atoms with Crippen molar-refractivity contribution >= 4 is 29.9 Å². The molecule has 0 saturated carbocycles. The van der Waals surface area contributed by atoms with E-state index in [2.05, 4.69) is 5.32 Å². The monoisotopic (exact) mass is 383 g/mol. The number of amides is 1. The van der Waals surface area contributed by atoms with Crippen LogP contribution in [-0.4, -0.2) is 35.0 Å². The normalized spacial score (nSPS) is 24.9. The van der Waals surface area contributed by atoms with Crippen molar-refractivity contribution in [2.45, 2.75) is 6.04 Å². The molecule has 1 N–H and O–H groups in total. The maximum atomic E-state index is 13.7. The zero-order valence-electron chi connectivity index (χ0n) is 13.8. The molecule has 4 nitrogen and oxygen atoms in total. The summed E-state index contributed by atoms with van der Waals surface area (Å²) in [6.07, 6.45) is 1.73. The van der Waals surface area contributed by atoms with Crippen molar-refractivity contribution in [1.29, 1.82) is 0 Å². The van der Waals surface area contributed by atoms with E-state index in [0.29, 0.717) is 29.1 Å². The minimum atomic E-state index is -0.267. The van der Waals surface area contributed by atoms with E-state index in [1.165, 1.54) is 6.07 Å². The largest absolute Gasteiger partial charge is 0.345 e. The second-order valence-corrected chi connectivity index (χ2v) is 7.13. The highest BCUT2D eigenvalue weighted by atomic mass is 35.5. The summed E-state index contributed by atoms with van der Waals surface area (Å²) in [4.78, 5) is 15.0. The van der Waals surface area contributed by atoms with Crippen LogP contribution in [0, 0.1) is 17.7 Å². The van der Waals surface area contributed by atoms with Crippen molar-refractivity contribution in [2.24, 2.45) is 18.9 Å². The lowest BCUT2D eigenvalue weighted by Gasteiger charge is -2.28. The number of fused-ring (bicyclic) bond motifs is 1. The second kappa shape index (κ2) is 6.98. The van der Waals surface area contributed by atoms with Crippen LogP contribution in [0.3, 0.4) is 0 Å². The fraction of sp³-hybridized carbons (Fsp3) is 0.389. The van der Waals surface area contributed by atoms with E-state index in [9.17, 15) is 9.18 Å². The molecule has 134 valence electrons. The Morgan fingerprint density at radius 3 is 2.80 bits per heavy atom. The molecule has 3 atom stereocenters. The molecule has 4 rings (SSSR count). The van der Waals surface area contributed by atoms with Gasteiger partial charge in [-0.05, 0) is 29.7 Å². The van der Waals surface area contributed by atoms with Crippen molar-refractivity contribution < 1.29 is 9.18 Å². The maximum Gasteiger partial charge on any atom is 0.271 e. The molecule has 2 fully saturated rings. The van der Waals surface area contributed by atoms with Crippen LogP contribution in [0.15, 0.2) is 36.5 Å². The summed E-state index contributed by atoms with van der Waals surface area (Å²) >= 11 is 6.04. The van der Waals surface area contributed by atoms with Gasteiger partial charge < -0.3 is 14.8 Å². The quantitative estimate of drug-likeness (QED) is 0.863. The molecular formula is C18H20Cl2FN3O. The molecule has 0 unspecified atom stereocenters. The summed E-state index contributed by atoms with van der Waals surface area (Å²) in [6.45, 7) is 2.43. The average molecular weight is 384 g/mol. The van der Waals surface area contributed by atoms with Gasteiger partial charge >= 0.3 is 0 Å². The molecule has 0 radical (unpaired) electrons. The van der Waals surface area contributed by atoms with Crippen LogP contribution in [-0.2, 0) is 7.05 Å². The molecule has 7 heteroatoms. The standard InChI is InChI=1S/C18H19ClFN3O.ClH/c1-22-10-13(19)6-16(22)18(24)23-9-12-7-21-8-15(12)17(23)11-3-2-4-14(20)5-11;/h2-6,10,12,15,17,21H,7-9H2,1H3;1H/t12-,15-,17+;/m0./s1. The van der Waals surface area contributed by atoms with Crippen LogP contribution >= 0.6 is 24.0 Å². The first kappa shape index (κ1) is 18.2. The maximum absolute atomic E-state index is 13.7. The molecule has 25 heavy (non-hydrogen) atoms. The number of nitrogens with one attached hydrogen (secondary N) is 1. The number of rotatable bonds is 2. The summed E-state index contributed by atoms with van der Waals surface area (Å²) in [5.74, 6) is 0.397. The predicted molar refractivity (Wildman–Crippen MR) is 97.7 cm³/mol. The summed E-state index contributed by atoms with van der Waals surface area (Å²) in [5, 5.41) is 3.94. The lowest BCUT2D eigenvalue weighted by molar-refractivity contribution is 0.0704. The Balaban J connectivity index is 0.00000182. The summed E-state index contributed by atoms with van der Waals surface area (Å²) in [7, 11) is 1.81. The highest BCUT2D eigenvalue weighted by Crippen LogP contribution is 2.43. The molecule has 3 heterocycles. The molecule has 0 spiro atoms. The number of benzene rings is 1. The SMILES string of the molecule is Cl.Cn1cc(Cl)cc1C(=O)N1C[C@@H]2CNC[C@@H]2[C@H]1c1cccc(F)c1. The van der Waals surface area contributed by atoms with E-state index in [1.54, 1.807) is 29.0 Å². The van der Waals surface area contributed by atoms with Crippen LogP contribution < -0.4 is 5.32 Å². The number of likely N-dealkylation sites (tertiary alicyclic amines) is 1. The van der Waals surface area contributed by atoms with Crippen LogP contribution in [0.2, 0.25) is 5.02 Å². The van der Waals surface area contributed by atoms with Crippen LogP contribution in [0.5, 0.6) is 0 Å². The number of aryl methyl sites for hydroxylation is 1.